The first-order chi connectivity index (χ1) is 21.4. The summed E-state index contributed by atoms with van der Waals surface area (Å²) in [5.41, 5.74) is 36.9. The molecule has 44 heavy (non-hydrogen) atoms. The Morgan fingerprint density at radius 1 is 0.909 bits per heavy atom. The third kappa shape index (κ3) is 13.9. The van der Waals surface area contributed by atoms with Gasteiger partial charge in [0.1, 0.15) is 31.1 Å². The number of azide groups is 4. The number of methoxy groups -OCH3 is 1. The Labute approximate surface area is 254 Å². The van der Waals surface area contributed by atoms with Gasteiger partial charge in [0, 0.05) is 59.2 Å². The first-order valence-electron chi connectivity index (χ1n) is 14.1. The van der Waals surface area contributed by atoms with Crippen molar-refractivity contribution in [3.63, 3.8) is 0 Å². The van der Waals surface area contributed by atoms with Crippen LogP contribution >= 0.6 is 0 Å². The molecule has 0 aromatic carbocycles. The van der Waals surface area contributed by atoms with E-state index in [1.54, 1.807) is 0 Å². The van der Waals surface area contributed by atoms with Gasteiger partial charge in [0.05, 0.1) is 24.7 Å². The van der Waals surface area contributed by atoms with E-state index < -0.39 is 54.8 Å². The molecule has 20 nitrogen and oxygen atoms in total. The van der Waals surface area contributed by atoms with Gasteiger partial charge in [-0.1, -0.05) is 47.1 Å². The van der Waals surface area contributed by atoms with Crippen LogP contribution in [0.15, 0.2) is 30.4 Å². The van der Waals surface area contributed by atoms with Gasteiger partial charge in [0.2, 0.25) is 0 Å². The summed E-state index contributed by atoms with van der Waals surface area (Å²) in [7, 11) is 1.36. The molecule has 8 atom stereocenters. The number of unbranched alkanes of at least 4 members (excludes halogenated alkanes) is 2. The van der Waals surface area contributed by atoms with Gasteiger partial charge in [0.15, 0.2) is 6.29 Å². The second-order valence-corrected chi connectivity index (χ2v) is 9.46. The normalized spacial score (nSPS) is 23.4. The smallest absolute Gasteiger partial charge is 0.303 e. The van der Waals surface area contributed by atoms with E-state index in [-0.39, 0.29) is 19.8 Å². The fraction of sp³-hybridized carbons (Fsp3) is 0.875. The van der Waals surface area contributed by atoms with Gasteiger partial charge in [-0.2, -0.15) is 0 Å². The average molecular weight is 621 g/mol. The molecule has 0 bridgehead atoms. The van der Waals surface area contributed by atoms with Crippen LogP contribution in [0.5, 0.6) is 0 Å². The lowest BCUT2D eigenvalue weighted by Crippen LogP contribution is -2.60. The summed E-state index contributed by atoms with van der Waals surface area (Å²) >= 11 is 0. The minimum atomic E-state index is -1.42. The maximum Gasteiger partial charge on any atom is 0.303 e. The van der Waals surface area contributed by atoms with Crippen molar-refractivity contribution in [2.75, 3.05) is 33.5 Å². The third-order valence-electron chi connectivity index (χ3n) is 6.17. The molecular weight excluding hydrogens is 580 g/mol. The molecule has 1 fully saturated rings. The van der Waals surface area contributed by atoms with E-state index in [1.165, 1.54) is 26.5 Å². The molecule has 242 valence electrons. The Morgan fingerprint density at radius 2 is 1.55 bits per heavy atom. The number of aliphatic imine (C=N–C) groups is 2. The highest BCUT2D eigenvalue weighted by Crippen LogP contribution is 2.33. The average Bonchev–Trinajstić information content (AvgIpc) is 3.00. The molecule has 0 aromatic heterocycles. The number of nitrogens with zero attached hydrogens (tertiary/aromatic N) is 14. The van der Waals surface area contributed by atoms with Gasteiger partial charge in [0.25, 0.3) is 0 Å². The van der Waals surface area contributed by atoms with Crippen molar-refractivity contribution >= 4 is 18.4 Å². The van der Waals surface area contributed by atoms with Crippen molar-refractivity contribution < 1.29 is 28.5 Å². The highest BCUT2D eigenvalue weighted by Gasteiger charge is 2.49. The van der Waals surface area contributed by atoms with Crippen LogP contribution in [0.2, 0.25) is 0 Å². The lowest BCUT2D eigenvalue weighted by Gasteiger charge is -2.44. The predicted octanol–water partition coefficient (Wildman–Crippen LogP) is 5.50. The van der Waals surface area contributed by atoms with E-state index in [2.05, 4.69) is 50.1 Å². The molecule has 0 unspecified atom stereocenters. The zero-order chi connectivity index (χ0) is 32.6. The van der Waals surface area contributed by atoms with Crippen LogP contribution in [0.1, 0.15) is 52.9 Å². The minimum Gasteiger partial charge on any atom is -0.459 e. The number of hydrogen-bond acceptors (Lipinski definition) is 12. The second-order valence-electron chi connectivity index (χ2n) is 9.46. The van der Waals surface area contributed by atoms with Crippen LogP contribution in [-0.4, -0.2) is 101 Å². The quantitative estimate of drug-likeness (QED) is 0.0286. The van der Waals surface area contributed by atoms with E-state index in [0.717, 1.165) is 25.7 Å². The van der Waals surface area contributed by atoms with Gasteiger partial charge >= 0.3 is 5.97 Å². The second kappa shape index (κ2) is 23.4. The molecule has 0 spiro atoms. The zero-order valence-electron chi connectivity index (χ0n) is 25.3. The molecule has 20 heteroatoms. The highest BCUT2D eigenvalue weighted by atomic mass is 16.7. The van der Waals surface area contributed by atoms with Crippen molar-refractivity contribution in [2.45, 2.75) is 102 Å². The lowest BCUT2D eigenvalue weighted by molar-refractivity contribution is -0.248. The van der Waals surface area contributed by atoms with Crippen LogP contribution in [0.25, 0.3) is 41.8 Å². The van der Waals surface area contributed by atoms with Crippen LogP contribution in [0.3, 0.4) is 0 Å². The van der Waals surface area contributed by atoms with Crippen molar-refractivity contribution in [3.8, 4) is 0 Å². The van der Waals surface area contributed by atoms with E-state index in [4.69, 9.17) is 29.2 Å². The molecule has 0 amide bonds. The molecule has 1 aliphatic carbocycles. The van der Waals surface area contributed by atoms with Crippen LogP contribution in [0.4, 0.5) is 0 Å². The van der Waals surface area contributed by atoms with Crippen LogP contribution in [-0.2, 0) is 28.5 Å². The molecule has 0 saturated heterocycles. The van der Waals surface area contributed by atoms with Crippen molar-refractivity contribution in [2.24, 2.45) is 30.4 Å². The summed E-state index contributed by atoms with van der Waals surface area (Å²) in [6.07, 6.45) is 0.181. The van der Waals surface area contributed by atoms with Gasteiger partial charge in [-0.25, -0.2) is 0 Å². The monoisotopic (exact) mass is 620 g/mol. The number of hydrogen-bond donors (Lipinski definition) is 0. The molecule has 0 aromatic rings. The molecule has 0 aliphatic heterocycles. The Hall–Kier alpha value is -4.11. The maximum absolute atomic E-state index is 12.1. The fourth-order valence-corrected chi connectivity index (χ4v) is 4.19. The molecule has 1 saturated carbocycles. The minimum absolute atomic E-state index is 0.0896. The molecule has 1 rings (SSSR count). The van der Waals surface area contributed by atoms with Gasteiger partial charge in [-0.05, 0) is 41.4 Å². The Balaban J connectivity index is 3.71. The van der Waals surface area contributed by atoms with E-state index in [0.29, 0.717) is 13.1 Å². The predicted molar refractivity (Wildman–Crippen MR) is 160 cm³/mol. The molecule has 0 N–H and O–H groups in total. The standard InChI is InChI=1S/C24H40N14O6/c1-5-7-9-29-12-17(13-31-35-25)43-24(20(34-38-28)14-30-10-8-6-2)44-22-19(33-37-27)11-18(32-36-26)21(42-16(3)39)23(22)41-15-40-4/h12,14,17-24H,5-11,13,15H2,1-4H3/t17-,18+,19-,20+,21-,22+,23+,24+/m0/s1. The van der Waals surface area contributed by atoms with Crippen LogP contribution < -0.4 is 0 Å². The lowest BCUT2D eigenvalue weighted by atomic mass is 9.84. The zero-order valence-corrected chi connectivity index (χ0v) is 25.3. The number of carbonyl (C=O) groups is 1. The van der Waals surface area contributed by atoms with Gasteiger partial charge in [-0.15, -0.1) is 0 Å². The summed E-state index contributed by atoms with van der Waals surface area (Å²) in [6, 6.07) is -3.19. The first kappa shape index (κ1) is 37.9. The highest BCUT2D eigenvalue weighted by molar-refractivity contribution is 5.67. The van der Waals surface area contributed by atoms with Gasteiger partial charge < -0.3 is 23.7 Å². The molecular formula is C24H40N14O6. The number of carbonyl (C=O) groups excluding carboxylic acids is 1. The Bertz CT molecular complexity index is 1110. The van der Waals surface area contributed by atoms with Crippen molar-refractivity contribution in [1.82, 2.24) is 0 Å². The fourth-order valence-electron chi connectivity index (χ4n) is 4.19. The van der Waals surface area contributed by atoms with E-state index in [1.807, 2.05) is 13.8 Å². The maximum atomic E-state index is 12.1. The van der Waals surface area contributed by atoms with Crippen molar-refractivity contribution in [3.05, 3.63) is 41.8 Å². The summed E-state index contributed by atoms with van der Waals surface area (Å²) in [6.45, 7) is 5.63. The van der Waals surface area contributed by atoms with E-state index >= 15 is 0 Å². The number of esters is 1. The Morgan fingerprint density at radius 3 is 2.09 bits per heavy atom. The topological polar surface area (TPSA) is 283 Å². The summed E-state index contributed by atoms with van der Waals surface area (Å²) < 4.78 is 29.0. The van der Waals surface area contributed by atoms with Crippen LogP contribution in [0, 0.1) is 0 Å². The van der Waals surface area contributed by atoms with Gasteiger partial charge in [-0.3, -0.25) is 14.8 Å². The molecule has 0 radical (unpaired) electrons. The van der Waals surface area contributed by atoms with Crippen molar-refractivity contribution in [1.29, 1.82) is 0 Å². The first-order valence-corrected chi connectivity index (χ1v) is 14.1. The molecule has 0 heterocycles. The number of ether oxygens (including phenoxy) is 5. The SMILES string of the molecule is CCCCN=C[C@@H](CN=[N+]=[N-])O[C@H](O[C@H]1[C@H](OCOC)[C@@H](OC(C)=O)[C@H](N=[N+]=[N-])C[C@@H]1N=[N+]=[N-])[C@@H](C=NCCCC)N=[N+]=[N-]. The third-order valence-corrected chi connectivity index (χ3v) is 6.17. The summed E-state index contributed by atoms with van der Waals surface area (Å²) in [4.78, 5) is 32.2. The Kier molecular flexibility index (Phi) is 20.1. The largest absolute Gasteiger partial charge is 0.459 e. The molecule has 1 aliphatic rings. The van der Waals surface area contributed by atoms with E-state index in [9.17, 15) is 21.4 Å². The summed E-state index contributed by atoms with van der Waals surface area (Å²) in [5, 5.41) is 15.0. The number of rotatable bonds is 22. The summed E-state index contributed by atoms with van der Waals surface area (Å²) in [5.74, 6) is -0.694.